The van der Waals surface area contributed by atoms with Crippen LogP contribution in [0, 0.1) is 0 Å². The van der Waals surface area contributed by atoms with Gasteiger partial charge in [-0.2, -0.15) is 0 Å². The van der Waals surface area contributed by atoms with Crippen LogP contribution in [0.1, 0.15) is 125 Å². The van der Waals surface area contributed by atoms with Gasteiger partial charge in [0.25, 0.3) is 0 Å². The first-order chi connectivity index (χ1) is 19.7. The van der Waals surface area contributed by atoms with E-state index in [1.807, 2.05) is 0 Å². The Bertz CT molecular complexity index is 1590. The molecule has 3 aliphatic rings. The summed E-state index contributed by atoms with van der Waals surface area (Å²) in [5.74, 6) is 0.528. The molecule has 44 heavy (non-hydrogen) atoms. The van der Waals surface area contributed by atoms with E-state index < -0.39 is 18.3 Å². The first-order valence-electron chi connectivity index (χ1n) is 16.5. The Labute approximate surface area is 281 Å². The molecule has 0 aromatic heterocycles. The molecule has 1 saturated carbocycles. The van der Waals surface area contributed by atoms with Gasteiger partial charge in [-0.3, -0.25) is 0 Å². The van der Waals surface area contributed by atoms with Crippen molar-refractivity contribution in [2.24, 2.45) is 0 Å². The van der Waals surface area contributed by atoms with Gasteiger partial charge in [-0.15, -0.1) is 24.8 Å². The Hall–Kier alpha value is -1.53. The molecule has 3 heteroatoms. The van der Waals surface area contributed by atoms with Gasteiger partial charge in [0.05, 0.1) is 0 Å². The Balaban J connectivity index is 0.00000221. The molecule has 0 spiro atoms. The average molecular weight is 709 g/mol. The molecule has 0 heterocycles. The fourth-order valence-electron chi connectivity index (χ4n) is 8.91. The molecule has 236 valence electrons. The molecule has 0 saturated heterocycles. The third kappa shape index (κ3) is 5.36. The van der Waals surface area contributed by atoms with Crippen molar-refractivity contribution in [3.05, 3.63) is 110 Å². The summed E-state index contributed by atoms with van der Waals surface area (Å²) in [5.41, 5.74) is 10.6. The summed E-state index contributed by atoms with van der Waals surface area (Å²) in [7, 11) is 0. The Morgan fingerprint density at radius 3 is 1.64 bits per heavy atom. The van der Waals surface area contributed by atoms with Gasteiger partial charge < -0.3 is 0 Å². The fraction of sp³-hybridized carbons (Fsp3) is 0.439. The average Bonchev–Trinajstić information content (AvgIpc) is 3.72. The summed E-state index contributed by atoms with van der Waals surface area (Å²) in [5, 5.41) is 0. The number of hydrogen-bond donors (Lipinski definition) is 0. The van der Waals surface area contributed by atoms with Crippen molar-refractivity contribution in [2.75, 3.05) is 0 Å². The van der Waals surface area contributed by atoms with Crippen molar-refractivity contribution in [3.8, 4) is 11.1 Å². The normalized spacial score (nSPS) is 17.3. The van der Waals surface area contributed by atoms with E-state index in [2.05, 4.69) is 134 Å². The summed E-state index contributed by atoms with van der Waals surface area (Å²) in [6.45, 7) is 18.8. The van der Waals surface area contributed by atoms with Gasteiger partial charge in [-0.25, -0.2) is 0 Å². The summed E-state index contributed by atoms with van der Waals surface area (Å²) in [6.07, 6.45) is 13.7. The molecule has 0 atom stereocenters. The third-order valence-corrected chi connectivity index (χ3v) is 31.1. The van der Waals surface area contributed by atoms with Crippen molar-refractivity contribution in [1.82, 2.24) is 0 Å². The van der Waals surface area contributed by atoms with Gasteiger partial charge in [0, 0.05) is 0 Å². The molecule has 6 rings (SSSR count). The quantitative estimate of drug-likeness (QED) is 0.248. The van der Waals surface area contributed by atoms with Gasteiger partial charge in [0.2, 0.25) is 0 Å². The van der Waals surface area contributed by atoms with E-state index in [4.69, 9.17) is 4.21 Å². The van der Waals surface area contributed by atoms with E-state index in [0.29, 0.717) is 13.2 Å². The van der Waals surface area contributed by atoms with E-state index in [1.54, 1.807) is 17.7 Å². The van der Waals surface area contributed by atoms with E-state index in [0.717, 1.165) is 6.42 Å². The summed E-state index contributed by atoms with van der Waals surface area (Å²) >= 11 is -4.44. The molecular formula is C41H54Cl2Zr. The van der Waals surface area contributed by atoms with E-state index >= 15 is 0 Å². The maximum atomic E-state index is 5.87. The zero-order valence-corrected chi connectivity index (χ0v) is 32.4. The van der Waals surface area contributed by atoms with Gasteiger partial charge in [0.15, 0.2) is 0 Å². The van der Waals surface area contributed by atoms with Crippen molar-refractivity contribution < 1.29 is 18.3 Å². The van der Waals surface area contributed by atoms with Crippen LogP contribution in [0.3, 0.4) is 0 Å². The molecule has 0 aliphatic heterocycles. The van der Waals surface area contributed by atoms with Crippen LogP contribution in [-0.2, 0) is 29.1 Å². The molecule has 0 amide bonds. The molecular weight excluding hydrogens is 655 g/mol. The molecule has 0 radical (unpaired) electrons. The van der Waals surface area contributed by atoms with Gasteiger partial charge in [0.1, 0.15) is 0 Å². The molecule has 3 aromatic carbocycles. The number of allylic oxidation sites excluding steroid dienone is 4. The van der Waals surface area contributed by atoms with Crippen LogP contribution >= 0.6 is 24.8 Å². The second-order valence-corrected chi connectivity index (χ2v) is 30.7. The summed E-state index contributed by atoms with van der Waals surface area (Å²) < 4.78 is 10.2. The Kier molecular flexibility index (Phi) is 9.84. The standard InChI is InChI=1S/C21H25.C9H11.C5H9.C5H5.CH2.2ClH.Zr/c1-20(2,3)16-7-9-18-14(12-16)11-15-13-17(21(4,5)6)8-10-19(15)18;1-8(2)9-6-4-3-5-7-9;2*1-2-4-5-3-1;;;;/h7-13H,1-6H3;4-8H,1-2H3;1H,2-5H2;1-3H,4H2;1H2;2*1H;. The van der Waals surface area contributed by atoms with E-state index in [1.165, 1.54) is 53.5 Å². The second kappa shape index (κ2) is 12.2. The number of hydrogen-bond acceptors (Lipinski definition) is 0. The predicted octanol–water partition coefficient (Wildman–Crippen LogP) is 12.0. The first kappa shape index (κ1) is 35.3. The molecule has 3 aliphatic carbocycles. The van der Waals surface area contributed by atoms with Gasteiger partial charge in [-0.05, 0) is 0 Å². The maximum absolute atomic E-state index is 5.87. The molecule has 1 fully saturated rings. The Morgan fingerprint density at radius 2 is 1.23 bits per heavy atom. The summed E-state index contributed by atoms with van der Waals surface area (Å²) in [6, 6.07) is 25.0. The van der Waals surface area contributed by atoms with Crippen molar-refractivity contribution in [2.45, 2.75) is 111 Å². The minimum absolute atomic E-state index is 0. The van der Waals surface area contributed by atoms with Gasteiger partial charge in [-0.1, -0.05) is 0 Å². The van der Waals surface area contributed by atoms with E-state index in [9.17, 15) is 0 Å². The first-order valence-corrected chi connectivity index (χ1v) is 23.6. The topological polar surface area (TPSA) is 0 Å². The fourth-order valence-corrected chi connectivity index (χ4v) is 29.1. The number of fused-ring (bicyclic) bond motifs is 3. The van der Waals surface area contributed by atoms with Crippen LogP contribution in [0.2, 0.25) is 3.63 Å². The van der Waals surface area contributed by atoms with Crippen LogP contribution in [-0.4, -0.2) is 4.21 Å². The van der Waals surface area contributed by atoms with Crippen molar-refractivity contribution in [1.29, 1.82) is 0 Å². The number of halogens is 2. The second-order valence-electron chi connectivity index (χ2n) is 16.3. The molecule has 0 bridgehead atoms. The molecule has 0 N–H and O–H groups in total. The third-order valence-electron chi connectivity index (χ3n) is 11.5. The zero-order valence-electron chi connectivity index (χ0n) is 28.3. The van der Waals surface area contributed by atoms with Crippen molar-refractivity contribution >= 4 is 32.3 Å². The van der Waals surface area contributed by atoms with Crippen LogP contribution < -0.4 is 3.27 Å². The predicted molar refractivity (Wildman–Crippen MR) is 197 cm³/mol. The zero-order chi connectivity index (χ0) is 30.1. The monoisotopic (exact) mass is 706 g/mol. The number of rotatable bonds is 5. The minimum atomic E-state index is -4.44. The van der Waals surface area contributed by atoms with Gasteiger partial charge >= 0.3 is 258 Å². The van der Waals surface area contributed by atoms with Crippen LogP contribution in [0.15, 0.2) is 82.2 Å². The number of benzene rings is 3. The molecule has 3 aromatic rings. The Morgan fingerprint density at radius 1 is 0.727 bits per heavy atom. The molecule has 0 unspecified atom stereocenters. The SMILES string of the molecule is Cl.Cl.[CH2]=[Zr]([C]1=CC=CC1)([c]1ccc(C(C)C)cc1)([CH]1CCCC1)[CH]1c2cc(C(C)(C)C)ccc2-c2ccc(C(C)(C)C)cc21. The van der Waals surface area contributed by atoms with E-state index in [-0.39, 0.29) is 35.6 Å². The van der Waals surface area contributed by atoms with Crippen LogP contribution in [0.4, 0.5) is 0 Å². The molecule has 0 nitrogen and oxygen atoms in total. The van der Waals surface area contributed by atoms with Crippen LogP contribution in [0.5, 0.6) is 0 Å². The summed E-state index contributed by atoms with van der Waals surface area (Å²) in [4.78, 5) is 0. The van der Waals surface area contributed by atoms with Crippen molar-refractivity contribution in [3.63, 3.8) is 0 Å². The van der Waals surface area contributed by atoms with Crippen LogP contribution in [0.25, 0.3) is 11.1 Å².